The summed E-state index contributed by atoms with van der Waals surface area (Å²) in [4.78, 5) is 15.7. The van der Waals surface area contributed by atoms with Crippen LogP contribution in [0.1, 0.15) is 34.3 Å². The second-order valence-electron chi connectivity index (χ2n) is 7.53. The fourth-order valence-electron chi connectivity index (χ4n) is 4.00. The molecule has 1 aliphatic carbocycles. The maximum atomic E-state index is 13.6. The second-order valence-corrected chi connectivity index (χ2v) is 7.53. The molecule has 0 saturated heterocycles. The van der Waals surface area contributed by atoms with Gasteiger partial charge < -0.3 is 20.3 Å². The zero-order valence-electron chi connectivity index (χ0n) is 17.0. The number of aliphatic hydroxyl groups excluding tert-OH is 2. The van der Waals surface area contributed by atoms with Crippen molar-refractivity contribution in [1.82, 2.24) is 10.3 Å². The van der Waals surface area contributed by atoms with Crippen LogP contribution in [0.4, 0.5) is 9.18 Å². The molecule has 7 heteroatoms. The fraction of sp³-hybridized carbons (Fsp3) is 0.250. The molecule has 1 aromatic heterocycles. The van der Waals surface area contributed by atoms with Crippen molar-refractivity contribution in [3.63, 3.8) is 0 Å². The first-order valence-corrected chi connectivity index (χ1v) is 10.0. The van der Waals surface area contributed by atoms with E-state index in [1.165, 1.54) is 19.2 Å². The van der Waals surface area contributed by atoms with E-state index in [-0.39, 0.29) is 30.2 Å². The minimum Gasteiger partial charge on any atom is -0.449 e. The van der Waals surface area contributed by atoms with Crippen LogP contribution in [0.3, 0.4) is 0 Å². The Kier molecular flexibility index (Phi) is 5.97. The summed E-state index contributed by atoms with van der Waals surface area (Å²) in [6.45, 7) is 1.36. The van der Waals surface area contributed by atoms with Crippen LogP contribution in [-0.4, -0.2) is 40.5 Å². The van der Waals surface area contributed by atoms with Crippen LogP contribution in [-0.2, 0) is 4.74 Å². The van der Waals surface area contributed by atoms with Gasteiger partial charge in [0.25, 0.3) is 0 Å². The zero-order valence-corrected chi connectivity index (χ0v) is 17.0. The smallest absolute Gasteiger partial charge is 0.407 e. The van der Waals surface area contributed by atoms with Crippen LogP contribution in [0.2, 0.25) is 0 Å². The molecule has 3 aromatic rings. The van der Waals surface area contributed by atoms with E-state index < -0.39 is 24.2 Å². The Bertz CT molecular complexity index is 1060. The number of aliphatic hydroxyl groups is 2. The number of nitrogens with one attached hydrogen (secondary N) is 1. The van der Waals surface area contributed by atoms with E-state index in [2.05, 4.69) is 22.4 Å². The topological polar surface area (TPSA) is 91.7 Å². The van der Waals surface area contributed by atoms with Crippen molar-refractivity contribution in [2.75, 3.05) is 13.2 Å². The predicted molar refractivity (Wildman–Crippen MR) is 113 cm³/mol. The first-order valence-electron chi connectivity index (χ1n) is 10.0. The van der Waals surface area contributed by atoms with E-state index in [1.807, 2.05) is 36.4 Å². The quantitative estimate of drug-likeness (QED) is 0.529. The Morgan fingerprint density at radius 2 is 1.71 bits per heavy atom. The minimum absolute atomic E-state index is 0.0730. The van der Waals surface area contributed by atoms with Gasteiger partial charge in [-0.1, -0.05) is 48.5 Å². The number of halogens is 1. The van der Waals surface area contributed by atoms with E-state index in [9.17, 15) is 19.4 Å². The standard InChI is InChI=1S/C24H23FN2O4/c1-14-15(10-11-26-23(14)25)22(29)21(28)12-27-24(30)31-13-20-18-8-4-2-6-16(18)17-7-3-5-9-19(17)20/h2-11,20-22,28-29H,12-13H2,1H3,(H,27,30). The number of ether oxygens (including phenoxy) is 1. The molecule has 2 aromatic carbocycles. The Balaban J connectivity index is 1.35. The molecule has 3 N–H and O–H groups in total. The highest BCUT2D eigenvalue weighted by Gasteiger charge is 2.29. The SMILES string of the molecule is Cc1c(C(O)C(O)CNC(=O)OCC2c3ccccc3-c3ccccc32)ccnc1F. The Morgan fingerprint density at radius 3 is 2.35 bits per heavy atom. The summed E-state index contributed by atoms with van der Waals surface area (Å²) in [6, 6.07) is 17.5. The number of rotatable bonds is 6. The number of aromatic nitrogens is 1. The first-order chi connectivity index (χ1) is 15.0. The molecule has 6 nitrogen and oxygen atoms in total. The summed E-state index contributed by atoms with van der Waals surface area (Å²) in [5.41, 5.74) is 4.82. The van der Waals surface area contributed by atoms with E-state index in [4.69, 9.17) is 4.74 Å². The van der Waals surface area contributed by atoms with Crippen molar-refractivity contribution in [2.24, 2.45) is 0 Å². The number of alkyl carbamates (subject to hydrolysis) is 1. The lowest BCUT2D eigenvalue weighted by molar-refractivity contribution is 0.0179. The Hall–Kier alpha value is -3.29. The molecule has 2 atom stereocenters. The highest BCUT2D eigenvalue weighted by molar-refractivity contribution is 5.79. The largest absolute Gasteiger partial charge is 0.449 e. The van der Waals surface area contributed by atoms with Crippen LogP contribution in [0.5, 0.6) is 0 Å². The van der Waals surface area contributed by atoms with Gasteiger partial charge in [0.2, 0.25) is 5.95 Å². The first kappa shape index (κ1) is 21.0. The maximum absolute atomic E-state index is 13.6. The molecular formula is C24H23FN2O4. The second kappa shape index (κ2) is 8.83. The molecule has 2 unspecified atom stereocenters. The van der Waals surface area contributed by atoms with E-state index in [1.54, 1.807) is 0 Å². The molecule has 0 bridgehead atoms. The van der Waals surface area contributed by atoms with Crippen LogP contribution >= 0.6 is 0 Å². The van der Waals surface area contributed by atoms with Gasteiger partial charge >= 0.3 is 6.09 Å². The third-order valence-electron chi connectivity index (χ3n) is 5.67. The summed E-state index contributed by atoms with van der Waals surface area (Å²) in [5, 5.41) is 23.0. The number of hydrogen-bond donors (Lipinski definition) is 3. The average molecular weight is 422 g/mol. The normalized spacial score (nSPS) is 14.5. The molecule has 1 heterocycles. The fourth-order valence-corrected chi connectivity index (χ4v) is 4.00. The van der Waals surface area contributed by atoms with Crippen molar-refractivity contribution in [3.8, 4) is 11.1 Å². The lowest BCUT2D eigenvalue weighted by Gasteiger charge is -2.20. The zero-order chi connectivity index (χ0) is 22.0. The monoisotopic (exact) mass is 422 g/mol. The van der Waals surface area contributed by atoms with Crippen LogP contribution in [0, 0.1) is 12.9 Å². The van der Waals surface area contributed by atoms with Gasteiger partial charge in [0.1, 0.15) is 18.8 Å². The molecule has 0 aliphatic heterocycles. The molecule has 0 radical (unpaired) electrons. The molecule has 31 heavy (non-hydrogen) atoms. The van der Waals surface area contributed by atoms with Crippen molar-refractivity contribution in [1.29, 1.82) is 0 Å². The molecule has 0 saturated carbocycles. The van der Waals surface area contributed by atoms with E-state index >= 15 is 0 Å². The van der Waals surface area contributed by atoms with Crippen molar-refractivity contribution >= 4 is 6.09 Å². The lowest BCUT2D eigenvalue weighted by Crippen LogP contribution is -2.36. The number of nitrogens with zero attached hydrogens (tertiary/aromatic N) is 1. The third kappa shape index (κ3) is 4.15. The summed E-state index contributed by atoms with van der Waals surface area (Å²) in [7, 11) is 0. The van der Waals surface area contributed by atoms with Crippen LogP contribution in [0.15, 0.2) is 60.8 Å². The molecule has 4 rings (SSSR count). The summed E-state index contributed by atoms with van der Waals surface area (Å²) >= 11 is 0. The lowest BCUT2D eigenvalue weighted by atomic mass is 9.98. The molecule has 160 valence electrons. The van der Waals surface area contributed by atoms with Crippen molar-refractivity contribution < 1.29 is 24.1 Å². The number of pyridine rings is 1. The van der Waals surface area contributed by atoms with E-state index in [0.29, 0.717) is 0 Å². The third-order valence-corrected chi connectivity index (χ3v) is 5.67. The van der Waals surface area contributed by atoms with Crippen molar-refractivity contribution in [3.05, 3.63) is 89.0 Å². The summed E-state index contributed by atoms with van der Waals surface area (Å²) in [6.07, 6.45) is -2.19. The van der Waals surface area contributed by atoms with Crippen molar-refractivity contribution in [2.45, 2.75) is 25.0 Å². The van der Waals surface area contributed by atoms with Gasteiger partial charge in [-0.2, -0.15) is 4.39 Å². The number of carbonyl (C=O) groups is 1. The van der Waals surface area contributed by atoms with Gasteiger partial charge in [-0.25, -0.2) is 9.78 Å². The Morgan fingerprint density at radius 1 is 1.10 bits per heavy atom. The van der Waals surface area contributed by atoms with Gasteiger partial charge in [0, 0.05) is 24.2 Å². The van der Waals surface area contributed by atoms with Crippen LogP contribution in [0.25, 0.3) is 11.1 Å². The summed E-state index contributed by atoms with van der Waals surface area (Å²) < 4.78 is 19.0. The minimum atomic E-state index is -1.37. The molecule has 0 spiro atoms. The molecule has 0 fully saturated rings. The predicted octanol–water partition coefficient (Wildman–Crippen LogP) is 3.46. The van der Waals surface area contributed by atoms with Crippen LogP contribution < -0.4 is 5.32 Å². The summed E-state index contributed by atoms with van der Waals surface area (Å²) in [5.74, 6) is -0.788. The van der Waals surface area contributed by atoms with Gasteiger partial charge in [0.05, 0.1) is 0 Å². The number of benzene rings is 2. The maximum Gasteiger partial charge on any atom is 0.407 e. The number of fused-ring (bicyclic) bond motifs is 3. The highest BCUT2D eigenvalue weighted by atomic mass is 19.1. The number of hydrogen-bond acceptors (Lipinski definition) is 5. The van der Waals surface area contributed by atoms with E-state index in [0.717, 1.165) is 22.3 Å². The molecule has 1 aliphatic rings. The van der Waals surface area contributed by atoms with Gasteiger partial charge in [-0.3, -0.25) is 0 Å². The average Bonchev–Trinajstić information content (AvgIpc) is 3.11. The van der Waals surface area contributed by atoms with Gasteiger partial charge in [0.15, 0.2) is 0 Å². The molecular weight excluding hydrogens is 399 g/mol. The van der Waals surface area contributed by atoms with Gasteiger partial charge in [-0.15, -0.1) is 0 Å². The Labute approximate surface area is 179 Å². The number of amides is 1. The number of carbonyl (C=O) groups excluding carboxylic acids is 1. The van der Waals surface area contributed by atoms with Gasteiger partial charge in [-0.05, 0) is 40.8 Å². The molecule has 1 amide bonds. The highest BCUT2D eigenvalue weighted by Crippen LogP contribution is 2.44.